The SMILES string of the molecule is Cc1ccc2c(c1-c1ccccc1)C=C(c1occ3ccccc13)[CH]2[Zr]([Cl])([Cl])([CH]1C(c2occ3ccccc23)=Cc2c1ccc(C)c2-c1ccccc1)=[Si](C)C. The molecule has 274 valence electrons. The van der Waals surface area contributed by atoms with Crippen molar-refractivity contribution in [1.82, 2.24) is 0 Å². The quantitative estimate of drug-likeness (QED) is 0.156. The van der Waals surface area contributed by atoms with E-state index in [0.29, 0.717) is 0 Å². The summed E-state index contributed by atoms with van der Waals surface area (Å²) in [5, 5.41) is 4.27. The van der Waals surface area contributed by atoms with Crippen LogP contribution in [0.15, 0.2) is 155 Å². The van der Waals surface area contributed by atoms with E-state index in [2.05, 4.69) is 173 Å². The Hall–Kier alpha value is -4.44. The maximum atomic E-state index is 9.05. The van der Waals surface area contributed by atoms with Crippen molar-refractivity contribution in [1.29, 1.82) is 0 Å². The topological polar surface area (TPSA) is 26.3 Å². The van der Waals surface area contributed by atoms with Crippen LogP contribution in [-0.2, 0) is 15.0 Å². The van der Waals surface area contributed by atoms with E-state index in [0.717, 1.165) is 44.2 Å². The molecular formula is C50H40Cl2O2SiZr. The molecule has 0 fully saturated rings. The van der Waals surface area contributed by atoms with E-state index in [1.807, 2.05) is 12.5 Å². The Kier molecular flexibility index (Phi) is 8.55. The van der Waals surface area contributed by atoms with Crippen LogP contribution in [0.25, 0.3) is 67.1 Å². The van der Waals surface area contributed by atoms with Crippen LogP contribution in [0.5, 0.6) is 0 Å². The number of furan rings is 2. The molecule has 0 radical (unpaired) electrons. The minimum atomic E-state index is -5.48. The zero-order chi connectivity index (χ0) is 38.4. The summed E-state index contributed by atoms with van der Waals surface area (Å²) in [6.07, 6.45) is 8.50. The van der Waals surface area contributed by atoms with E-state index in [4.69, 9.17) is 25.9 Å². The fourth-order valence-corrected chi connectivity index (χ4v) is 37.4. The number of halogens is 2. The van der Waals surface area contributed by atoms with Gasteiger partial charge in [-0.15, -0.1) is 0 Å². The second-order valence-corrected chi connectivity index (χ2v) is 54.6. The van der Waals surface area contributed by atoms with Gasteiger partial charge in [0.1, 0.15) is 0 Å². The first-order valence-corrected chi connectivity index (χ1v) is 34.6. The molecule has 0 saturated heterocycles. The van der Waals surface area contributed by atoms with Crippen LogP contribution in [0.3, 0.4) is 0 Å². The molecule has 10 rings (SSSR count). The fourth-order valence-electron chi connectivity index (χ4n) is 9.80. The average molecular weight is 863 g/mol. The Morgan fingerprint density at radius 3 is 1.30 bits per heavy atom. The van der Waals surface area contributed by atoms with Crippen LogP contribution in [-0.4, -0.2) is 5.43 Å². The van der Waals surface area contributed by atoms with Gasteiger partial charge in [0.25, 0.3) is 0 Å². The third-order valence-corrected chi connectivity index (χ3v) is 58.8. The van der Waals surface area contributed by atoms with Gasteiger partial charge < -0.3 is 0 Å². The summed E-state index contributed by atoms with van der Waals surface area (Å²) < 4.78 is 12.8. The number of benzene rings is 6. The van der Waals surface area contributed by atoms with Crippen molar-refractivity contribution in [3.8, 4) is 22.3 Å². The van der Waals surface area contributed by atoms with Crippen LogP contribution in [0, 0.1) is 13.8 Å². The van der Waals surface area contributed by atoms with Gasteiger partial charge in [-0.25, -0.2) is 0 Å². The van der Waals surface area contributed by atoms with Crippen molar-refractivity contribution >= 4 is 67.3 Å². The number of rotatable bonds is 6. The molecule has 0 bridgehead atoms. The van der Waals surface area contributed by atoms with Gasteiger partial charge in [-0.1, -0.05) is 0 Å². The molecule has 0 N–H and O–H groups in total. The summed E-state index contributed by atoms with van der Waals surface area (Å²) in [4.78, 5) is 0. The molecule has 2 aromatic heterocycles. The van der Waals surface area contributed by atoms with Crippen LogP contribution in [0.2, 0.25) is 13.1 Å². The van der Waals surface area contributed by atoms with Gasteiger partial charge in [0.2, 0.25) is 0 Å². The van der Waals surface area contributed by atoms with Crippen molar-refractivity contribution in [2.24, 2.45) is 0 Å². The molecular weight excluding hydrogens is 823 g/mol. The summed E-state index contributed by atoms with van der Waals surface area (Å²) in [7, 11) is 18.1. The predicted octanol–water partition coefficient (Wildman–Crippen LogP) is 15.3. The molecule has 0 spiro atoms. The standard InChI is InChI=1S/2C24H17O.C2H6Si.2ClH.Zr/c2*1-16-11-12-18-13-20(24-21-10-6-5-9-19(21)15-25-24)14-22(18)23(16)17-7-3-2-4-8-17;1-3-2;;;/h2*2-15H,1H3;1-2H3;2*1H;/q;;;;;+2/p-2. The average Bonchev–Trinajstić information content (AvgIpc) is 4.01. The number of allylic oxidation sites excluding steroid dienone is 2. The van der Waals surface area contributed by atoms with Crippen LogP contribution < -0.4 is 0 Å². The van der Waals surface area contributed by atoms with E-state index < -0.39 is 20.4 Å². The molecule has 6 aromatic carbocycles. The first kappa shape index (κ1) is 35.9. The first-order valence-electron chi connectivity index (χ1n) is 19.3. The summed E-state index contributed by atoms with van der Waals surface area (Å²) >= 11 is -5.48. The fraction of sp³-hybridized carbons (Fsp3) is 0.120. The van der Waals surface area contributed by atoms with Crippen molar-refractivity contribution in [3.63, 3.8) is 0 Å². The normalized spacial score (nSPS) is 16.6. The first-order chi connectivity index (χ1) is 27.1. The molecule has 56 heavy (non-hydrogen) atoms. The molecule has 6 heteroatoms. The van der Waals surface area contributed by atoms with Gasteiger partial charge in [0, 0.05) is 0 Å². The molecule has 2 heterocycles. The van der Waals surface area contributed by atoms with E-state index in [-0.39, 0.29) is 7.25 Å². The number of hydrogen-bond donors (Lipinski definition) is 0. The zero-order valence-corrected chi connectivity index (χ0v) is 36.7. The number of fused-ring (bicyclic) bond motifs is 4. The Bertz CT molecular complexity index is 2840. The van der Waals surface area contributed by atoms with Crippen molar-refractivity contribution in [2.75, 3.05) is 0 Å². The summed E-state index contributed by atoms with van der Waals surface area (Å²) in [5.41, 5.74) is 12.7. The zero-order valence-electron chi connectivity index (χ0n) is 31.7. The summed E-state index contributed by atoms with van der Waals surface area (Å²) in [6, 6.07) is 47.5. The van der Waals surface area contributed by atoms with E-state index in [1.165, 1.54) is 55.6 Å². The Labute approximate surface area is 335 Å². The number of aryl methyl sites for hydroxylation is 2. The van der Waals surface area contributed by atoms with Gasteiger partial charge in [0.05, 0.1) is 0 Å². The third kappa shape index (κ3) is 5.22. The monoisotopic (exact) mass is 860 g/mol. The molecule has 2 unspecified atom stereocenters. The molecule has 0 saturated carbocycles. The van der Waals surface area contributed by atoms with Gasteiger partial charge >= 0.3 is 338 Å². The van der Waals surface area contributed by atoms with Gasteiger partial charge in [-0.05, 0) is 0 Å². The maximum absolute atomic E-state index is 9.05. The molecule has 2 aliphatic rings. The molecule has 2 aliphatic carbocycles. The summed E-state index contributed by atoms with van der Waals surface area (Å²) in [5.74, 6) is 1.70. The van der Waals surface area contributed by atoms with E-state index in [9.17, 15) is 0 Å². The third-order valence-electron chi connectivity index (χ3n) is 12.5. The molecule has 0 amide bonds. The second kappa shape index (κ2) is 13.3. The Balaban J connectivity index is 1.32. The second-order valence-electron chi connectivity index (χ2n) is 15.8. The predicted molar refractivity (Wildman–Crippen MR) is 236 cm³/mol. The van der Waals surface area contributed by atoms with E-state index >= 15 is 0 Å². The minimum absolute atomic E-state index is 0.265. The van der Waals surface area contributed by atoms with Gasteiger partial charge in [-0.3, -0.25) is 0 Å². The Morgan fingerprint density at radius 1 is 0.500 bits per heavy atom. The van der Waals surface area contributed by atoms with E-state index in [1.54, 1.807) is 0 Å². The van der Waals surface area contributed by atoms with Gasteiger partial charge in [0.15, 0.2) is 0 Å². The van der Waals surface area contributed by atoms with Crippen molar-refractivity contribution < 1.29 is 23.8 Å². The molecule has 2 atom stereocenters. The molecule has 0 aliphatic heterocycles. The van der Waals surface area contributed by atoms with Gasteiger partial charge in [-0.2, -0.15) is 0 Å². The molecule has 2 nitrogen and oxygen atoms in total. The van der Waals surface area contributed by atoms with Crippen molar-refractivity contribution in [2.45, 2.75) is 34.2 Å². The molecule has 8 aromatic rings. The number of hydrogen-bond acceptors (Lipinski definition) is 2. The van der Waals surface area contributed by atoms with Crippen LogP contribution >= 0.6 is 17.0 Å². The summed E-state index contributed by atoms with van der Waals surface area (Å²) in [6.45, 7) is 9.13. The van der Waals surface area contributed by atoms with Crippen LogP contribution in [0.4, 0.5) is 0 Å². The Morgan fingerprint density at radius 2 is 0.893 bits per heavy atom. The van der Waals surface area contributed by atoms with Crippen molar-refractivity contribution in [3.05, 3.63) is 191 Å². The van der Waals surface area contributed by atoms with Crippen LogP contribution in [0.1, 0.15) is 52.2 Å².